The van der Waals surface area contributed by atoms with Crippen LogP contribution in [0.25, 0.3) is 0 Å². The number of alkyl halides is 3. The van der Waals surface area contributed by atoms with Crippen molar-refractivity contribution in [3.63, 3.8) is 0 Å². The number of nitrogens with one attached hydrogen (secondary N) is 1. The van der Waals surface area contributed by atoms with Crippen molar-refractivity contribution in [1.29, 1.82) is 0 Å². The van der Waals surface area contributed by atoms with Crippen LogP contribution >= 0.6 is 0 Å². The van der Waals surface area contributed by atoms with E-state index in [1.165, 1.54) is 25.1 Å². The molecular weight excluding hydrogens is 391 g/mol. The summed E-state index contributed by atoms with van der Waals surface area (Å²) in [5, 5.41) is 2.31. The Morgan fingerprint density at radius 3 is 2.07 bits per heavy atom. The molecule has 0 saturated carbocycles. The molecule has 1 rings (SSSR count). The normalized spacial score (nSPS) is 16.0. The van der Waals surface area contributed by atoms with Gasteiger partial charge < -0.3 is 19.5 Å². The van der Waals surface area contributed by atoms with Gasteiger partial charge in [-0.25, -0.2) is 9.59 Å². The number of alkyl carbamates (subject to hydrolysis) is 1. The Bertz CT molecular complexity index is 767. The molecule has 29 heavy (non-hydrogen) atoms. The fraction of sp³-hybridized carbons (Fsp3) is 0.500. The largest absolute Gasteiger partial charge is 0.459 e. The molecule has 0 aromatic heterocycles. The van der Waals surface area contributed by atoms with Crippen molar-refractivity contribution in [3.8, 4) is 12.3 Å². The minimum Gasteiger partial charge on any atom is -0.459 e. The molecule has 0 heterocycles. The minimum atomic E-state index is -5.12. The first-order valence-electron chi connectivity index (χ1n) is 8.54. The predicted molar refractivity (Wildman–Crippen MR) is 98.8 cm³/mol. The third-order valence-corrected chi connectivity index (χ3v) is 3.76. The maximum Gasteiger partial charge on any atom is 0.432 e. The number of benzene rings is 1. The molecule has 0 saturated heterocycles. The molecule has 0 aliphatic rings. The van der Waals surface area contributed by atoms with E-state index in [1.807, 2.05) is 0 Å². The van der Waals surface area contributed by atoms with Crippen molar-refractivity contribution >= 4 is 12.1 Å². The molecule has 1 amide bonds. The van der Waals surface area contributed by atoms with E-state index in [4.69, 9.17) is 15.9 Å². The molecule has 0 aliphatic heterocycles. The van der Waals surface area contributed by atoms with Gasteiger partial charge >= 0.3 is 18.2 Å². The van der Waals surface area contributed by atoms with Crippen LogP contribution in [0.2, 0.25) is 0 Å². The van der Waals surface area contributed by atoms with Crippen LogP contribution in [0.1, 0.15) is 33.3 Å². The Hall–Kier alpha value is -2.73. The molecule has 6 nitrogen and oxygen atoms in total. The standard InChI is InChI=1S/C20H24F3NO5/c1-7-18(5,24-16(26)29-17(2,3)4)13-28-15(25)19(27-6,20(21,22)23)14-11-9-8-10-12-14/h1,8-12H,13H2,2-6H3,(H,24,26)/t18-,19+/m1/s1. The highest BCUT2D eigenvalue weighted by Crippen LogP contribution is 2.43. The molecular formula is C20H24F3NO5. The van der Waals surface area contributed by atoms with Gasteiger partial charge in [-0.15, -0.1) is 6.42 Å². The van der Waals surface area contributed by atoms with Crippen LogP contribution in [0.4, 0.5) is 18.0 Å². The maximum atomic E-state index is 13.9. The molecule has 1 aromatic rings. The van der Waals surface area contributed by atoms with Crippen LogP contribution in [0, 0.1) is 12.3 Å². The zero-order valence-corrected chi connectivity index (χ0v) is 16.8. The van der Waals surface area contributed by atoms with Crippen molar-refractivity contribution < 1.29 is 37.0 Å². The average molecular weight is 415 g/mol. The third kappa shape index (κ3) is 5.87. The Labute approximate surface area is 167 Å². The number of carbonyl (C=O) groups excluding carboxylic acids is 2. The highest BCUT2D eigenvalue weighted by atomic mass is 19.4. The maximum absolute atomic E-state index is 13.9. The lowest BCUT2D eigenvalue weighted by Gasteiger charge is -2.34. The topological polar surface area (TPSA) is 73.9 Å². The summed E-state index contributed by atoms with van der Waals surface area (Å²) < 4.78 is 56.1. The second kappa shape index (κ2) is 8.74. The molecule has 0 unspecified atom stereocenters. The zero-order valence-electron chi connectivity index (χ0n) is 16.8. The van der Waals surface area contributed by atoms with Crippen molar-refractivity contribution in [1.82, 2.24) is 5.32 Å². The lowest BCUT2D eigenvalue weighted by Crippen LogP contribution is -2.55. The van der Waals surface area contributed by atoms with E-state index in [-0.39, 0.29) is 0 Å². The van der Waals surface area contributed by atoms with Gasteiger partial charge in [-0.1, -0.05) is 36.3 Å². The number of halogens is 3. The summed E-state index contributed by atoms with van der Waals surface area (Å²) in [4.78, 5) is 24.5. The molecule has 1 aromatic carbocycles. The monoisotopic (exact) mass is 415 g/mol. The molecule has 160 valence electrons. The van der Waals surface area contributed by atoms with Crippen molar-refractivity contribution in [2.75, 3.05) is 13.7 Å². The van der Waals surface area contributed by atoms with Crippen LogP contribution in [0.15, 0.2) is 30.3 Å². The van der Waals surface area contributed by atoms with E-state index in [0.717, 1.165) is 19.2 Å². The van der Waals surface area contributed by atoms with Crippen LogP contribution in [0.3, 0.4) is 0 Å². The van der Waals surface area contributed by atoms with E-state index in [2.05, 4.69) is 16.0 Å². The van der Waals surface area contributed by atoms with Gasteiger partial charge in [-0.05, 0) is 27.7 Å². The molecule has 9 heteroatoms. The summed E-state index contributed by atoms with van der Waals surface area (Å²) >= 11 is 0. The number of terminal acetylenes is 1. The molecule has 0 aliphatic carbocycles. The number of carbonyl (C=O) groups is 2. The first-order chi connectivity index (χ1) is 13.2. The fourth-order valence-corrected chi connectivity index (χ4v) is 2.34. The summed E-state index contributed by atoms with van der Waals surface area (Å²) in [5.74, 6) is 0.471. The molecule has 0 fully saturated rings. The number of rotatable bonds is 6. The Morgan fingerprint density at radius 1 is 1.10 bits per heavy atom. The molecule has 2 atom stereocenters. The van der Waals surface area contributed by atoms with Crippen molar-refractivity contribution in [3.05, 3.63) is 35.9 Å². The van der Waals surface area contributed by atoms with E-state index in [9.17, 15) is 22.8 Å². The SMILES string of the molecule is C#C[C@](C)(COC(=O)[C@@](OC)(c1ccccc1)C(F)(F)F)NC(=O)OC(C)(C)C. The Kier molecular flexibility index (Phi) is 7.33. The predicted octanol–water partition coefficient (Wildman–Crippen LogP) is 3.55. The average Bonchev–Trinajstić information content (AvgIpc) is 2.59. The molecule has 0 spiro atoms. The van der Waals surface area contributed by atoms with E-state index >= 15 is 0 Å². The highest BCUT2D eigenvalue weighted by molar-refractivity contribution is 5.83. The molecule has 0 bridgehead atoms. The van der Waals surface area contributed by atoms with Gasteiger partial charge in [0.05, 0.1) is 0 Å². The highest BCUT2D eigenvalue weighted by Gasteiger charge is 2.64. The number of hydrogen-bond donors (Lipinski definition) is 1. The quantitative estimate of drug-likeness (QED) is 0.568. The van der Waals surface area contributed by atoms with Crippen LogP contribution < -0.4 is 5.32 Å². The summed E-state index contributed by atoms with van der Waals surface area (Å²) in [5.41, 5.74) is -6.25. The zero-order chi connectivity index (χ0) is 22.5. The van der Waals surface area contributed by atoms with Gasteiger partial charge in [-0.3, -0.25) is 0 Å². The van der Waals surface area contributed by atoms with Gasteiger partial charge in [0.1, 0.15) is 17.7 Å². The number of amides is 1. The third-order valence-electron chi connectivity index (χ3n) is 3.76. The summed E-state index contributed by atoms with van der Waals surface area (Å²) in [6, 6.07) is 6.34. The van der Waals surface area contributed by atoms with Crippen LogP contribution in [-0.4, -0.2) is 43.1 Å². The number of methoxy groups -OCH3 is 1. The van der Waals surface area contributed by atoms with Gasteiger partial charge in [-0.2, -0.15) is 13.2 Å². The van der Waals surface area contributed by atoms with E-state index in [0.29, 0.717) is 0 Å². The van der Waals surface area contributed by atoms with E-state index < -0.39 is 47.2 Å². The number of esters is 1. The van der Waals surface area contributed by atoms with E-state index in [1.54, 1.807) is 20.8 Å². The first-order valence-corrected chi connectivity index (χ1v) is 8.54. The lowest BCUT2D eigenvalue weighted by molar-refractivity contribution is -0.276. The lowest BCUT2D eigenvalue weighted by atomic mass is 9.92. The number of ether oxygens (including phenoxy) is 3. The Balaban J connectivity index is 3.09. The van der Waals surface area contributed by atoms with Gasteiger partial charge in [0.15, 0.2) is 0 Å². The Morgan fingerprint density at radius 2 is 1.66 bits per heavy atom. The van der Waals surface area contributed by atoms with Crippen molar-refractivity contribution in [2.45, 2.75) is 50.6 Å². The van der Waals surface area contributed by atoms with Gasteiger partial charge in [0, 0.05) is 12.7 Å². The first kappa shape index (κ1) is 24.3. The van der Waals surface area contributed by atoms with Crippen LogP contribution in [0.5, 0.6) is 0 Å². The summed E-state index contributed by atoms with van der Waals surface area (Å²) in [6.45, 7) is 5.42. The minimum absolute atomic E-state index is 0.456. The van der Waals surface area contributed by atoms with Crippen LogP contribution in [-0.2, 0) is 24.6 Å². The van der Waals surface area contributed by atoms with Crippen molar-refractivity contribution in [2.24, 2.45) is 0 Å². The summed E-state index contributed by atoms with van der Waals surface area (Å²) in [7, 11) is 0.751. The number of hydrogen-bond acceptors (Lipinski definition) is 5. The van der Waals surface area contributed by atoms with Gasteiger partial charge in [0.25, 0.3) is 5.60 Å². The smallest absolute Gasteiger partial charge is 0.432 e. The second-order valence-electron chi connectivity index (χ2n) is 7.43. The van der Waals surface area contributed by atoms with Gasteiger partial charge in [0.2, 0.25) is 0 Å². The molecule has 0 radical (unpaired) electrons. The molecule has 1 N–H and O–H groups in total. The second-order valence-corrected chi connectivity index (χ2v) is 7.43. The fourth-order valence-electron chi connectivity index (χ4n) is 2.34. The summed E-state index contributed by atoms with van der Waals surface area (Å²) in [6.07, 6.45) is -0.652.